The van der Waals surface area contributed by atoms with Crippen molar-refractivity contribution in [3.05, 3.63) is 65.0 Å². The summed E-state index contributed by atoms with van der Waals surface area (Å²) in [4.78, 5) is 0. The Morgan fingerprint density at radius 2 is 1.52 bits per heavy atom. The Labute approximate surface area is 120 Å². The number of methoxy groups -OCH3 is 1. The summed E-state index contributed by atoms with van der Waals surface area (Å²) in [6, 6.07) is 8.36. The Bertz CT molecular complexity index is 629. The van der Waals surface area contributed by atoms with Gasteiger partial charge in [0, 0.05) is 12.8 Å². The highest BCUT2D eigenvalue weighted by molar-refractivity contribution is 5.31. The van der Waals surface area contributed by atoms with E-state index in [9.17, 15) is 18.3 Å². The molecule has 0 aliphatic rings. The molecule has 0 saturated carbocycles. The molecule has 1 N–H and O–H groups in total. The molecule has 21 heavy (non-hydrogen) atoms. The zero-order chi connectivity index (χ0) is 15.4. The molecule has 0 aromatic heterocycles. The molecule has 0 heterocycles. The number of benzene rings is 2. The summed E-state index contributed by atoms with van der Waals surface area (Å²) >= 11 is 0. The lowest BCUT2D eigenvalue weighted by Gasteiger charge is -2.13. The summed E-state index contributed by atoms with van der Waals surface area (Å²) in [5, 5.41) is 9.96. The van der Waals surface area contributed by atoms with Gasteiger partial charge in [0.2, 0.25) is 0 Å². The molecule has 112 valence electrons. The average Bonchev–Trinajstić information content (AvgIpc) is 2.46. The summed E-state index contributed by atoms with van der Waals surface area (Å²) in [6.07, 6.45) is -1.14. The van der Waals surface area contributed by atoms with E-state index in [4.69, 9.17) is 4.74 Å². The van der Waals surface area contributed by atoms with Gasteiger partial charge in [-0.2, -0.15) is 0 Å². The number of hydrogen-bond acceptors (Lipinski definition) is 2. The maximum absolute atomic E-state index is 13.9. The van der Waals surface area contributed by atoms with Crippen LogP contribution in [0.1, 0.15) is 11.1 Å². The van der Waals surface area contributed by atoms with Crippen molar-refractivity contribution in [1.82, 2.24) is 0 Å². The largest absolute Gasteiger partial charge is 0.494 e. The average molecular weight is 296 g/mol. The molecule has 0 fully saturated rings. The first-order valence-electron chi connectivity index (χ1n) is 6.45. The van der Waals surface area contributed by atoms with E-state index < -0.39 is 23.6 Å². The van der Waals surface area contributed by atoms with Crippen molar-refractivity contribution in [1.29, 1.82) is 0 Å². The molecular weight excluding hydrogens is 281 g/mol. The van der Waals surface area contributed by atoms with Gasteiger partial charge in [0.1, 0.15) is 0 Å². The van der Waals surface area contributed by atoms with Crippen molar-refractivity contribution < 1.29 is 23.0 Å². The molecule has 2 rings (SSSR count). The number of halogens is 3. The van der Waals surface area contributed by atoms with Crippen LogP contribution in [0.5, 0.6) is 5.75 Å². The van der Waals surface area contributed by atoms with Gasteiger partial charge in [-0.15, -0.1) is 0 Å². The number of rotatable bonds is 5. The highest BCUT2D eigenvalue weighted by Gasteiger charge is 2.16. The molecule has 0 spiro atoms. The van der Waals surface area contributed by atoms with Gasteiger partial charge < -0.3 is 9.84 Å². The molecular formula is C16H15F3O2. The van der Waals surface area contributed by atoms with Crippen LogP contribution < -0.4 is 4.74 Å². The van der Waals surface area contributed by atoms with E-state index in [-0.39, 0.29) is 29.7 Å². The lowest BCUT2D eigenvalue weighted by Crippen LogP contribution is -2.16. The maximum atomic E-state index is 13.9. The zero-order valence-electron chi connectivity index (χ0n) is 11.4. The zero-order valence-corrected chi connectivity index (χ0v) is 11.4. The molecule has 0 radical (unpaired) electrons. The second-order valence-electron chi connectivity index (χ2n) is 4.71. The van der Waals surface area contributed by atoms with E-state index >= 15 is 0 Å². The fourth-order valence-electron chi connectivity index (χ4n) is 2.16. The van der Waals surface area contributed by atoms with Crippen LogP contribution in [0.3, 0.4) is 0 Å². The topological polar surface area (TPSA) is 29.5 Å². The third-order valence-corrected chi connectivity index (χ3v) is 3.21. The minimum Gasteiger partial charge on any atom is -0.494 e. The van der Waals surface area contributed by atoms with E-state index in [2.05, 4.69) is 0 Å². The molecule has 0 bridgehead atoms. The van der Waals surface area contributed by atoms with Gasteiger partial charge >= 0.3 is 0 Å². The normalized spacial score (nSPS) is 12.2. The van der Waals surface area contributed by atoms with Gasteiger partial charge in [0.05, 0.1) is 13.2 Å². The quantitative estimate of drug-likeness (QED) is 0.917. The molecule has 1 unspecified atom stereocenters. The fourth-order valence-corrected chi connectivity index (χ4v) is 2.16. The molecule has 2 nitrogen and oxygen atoms in total. The van der Waals surface area contributed by atoms with Crippen molar-refractivity contribution in [2.45, 2.75) is 18.9 Å². The number of ether oxygens (including phenoxy) is 1. The summed E-state index contributed by atoms with van der Waals surface area (Å²) < 4.78 is 45.4. The van der Waals surface area contributed by atoms with Crippen LogP contribution in [0.15, 0.2) is 36.4 Å². The van der Waals surface area contributed by atoms with Crippen molar-refractivity contribution in [3.8, 4) is 5.75 Å². The molecule has 0 saturated heterocycles. The first kappa shape index (κ1) is 15.4. The van der Waals surface area contributed by atoms with Gasteiger partial charge in [-0.3, -0.25) is 0 Å². The number of aliphatic hydroxyl groups excluding tert-OH is 1. The summed E-state index contributed by atoms with van der Waals surface area (Å²) in [6.45, 7) is 0. The Kier molecular flexibility index (Phi) is 4.85. The van der Waals surface area contributed by atoms with Crippen LogP contribution in [0.2, 0.25) is 0 Å². The predicted octanol–water partition coefficient (Wildman–Crippen LogP) is 3.26. The Hall–Kier alpha value is -2.01. The molecule has 2 aromatic rings. The van der Waals surface area contributed by atoms with Crippen LogP contribution in [0.25, 0.3) is 0 Å². The van der Waals surface area contributed by atoms with E-state index in [0.717, 1.165) is 6.07 Å². The predicted molar refractivity (Wildman–Crippen MR) is 72.7 cm³/mol. The summed E-state index contributed by atoms with van der Waals surface area (Å²) in [5.41, 5.74) is 0.324. The smallest absolute Gasteiger partial charge is 0.168 e. The van der Waals surface area contributed by atoms with Crippen LogP contribution in [0.4, 0.5) is 13.2 Å². The number of hydrogen-bond donors (Lipinski definition) is 1. The van der Waals surface area contributed by atoms with Crippen molar-refractivity contribution in [2.75, 3.05) is 7.11 Å². The Morgan fingerprint density at radius 1 is 0.952 bits per heavy atom. The minimum atomic E-state index is -1.03. The molecule has 0 aliphatic carbocycles. The van der Waals surface area contributed by atoms with E-state index in [1.807, 2.05) is 0 Å². The Balaban J connectivity index is 2.12. The van der Waals surface area contributed by atoms with Crippen molar-refractivity contribution in [2.24, 2.45) is 0 Å². The minimum absolute atomic E-state index is 0.0149. The first-order valence-corrected chi connectivity index (χ1v) is 6.45. The van der Waals surface area contributed by atoms with Crippen LogP contribution in [0, 0.1) is 17.5 Å². The molecule has 0 aliphatic heterocycles. The molecule has 5 heteroatoms. The third-order valence-electron chi connectivity index (χ3n) is 3.21. The highest BCUT2D eigenvalue weighted by atomic mass is 19.2. The van der Waals surface area contributed by atoms with Gasteiger partial charge in [0.15, 0.2) is 23.2 Å². The SMILES string of the molecule is COc1cccc(CC(O)Cc2cccc(F)c2F)c1F. The summed E-state index contributed by atoms with van der Waals surface area (Å²) in [7, 11) is 1.35. The third kappa shape index (κ3) is 3.55. The van der Waals surface area contributed by atoms with E-state index in [1.165, 1.54) is 31.4 Å². The molecule has 0 amide bonds. The summed E-state index contributed by atoms with van der Waals surface area (Å²) in [5.74, 6) is -2.43. The van der Waals surface area contributed by atoms with E-state index in [1.54, 1.807) is 6.07 Å². The van der Waals surface area contributed by atoms with Crippen molar-refractivity contribution in [3.63, 3.8) is 0 Å². The van der Waals surface area contributed by atoms with Gasteiger partial charge in [-0.05, 0) is 23.3 Å². The number of aliphatic hydroxyl groups is 1. The molecule has 2 aromatic carbocycles. The highest BCUT2D eigenvalue weighted by Crippen LogP contribution is 2.22. The van der Waals surface area contributed by atoms with Crippen LogP contribution in [-0.4, -0.2) is 18.3 Å². The lowest BCUT2D eigenvalue weighted by atomic mass is 10.0. The second-order valence-corrected chi connectivity index (χ2v) is 4.71. The van der Waals surface area contributed by atoms with Crippen LogP contribution >= 0.6 is 0 Å². The second kappa shape index (κ2) is 6.63. The van der Waals surface area contributed by atoms with Gasteiger partial charge in [-0.1, -0.05) is 24.3 Å². The standard InChI is InChI=1S/C16H15F3O2/c1-21-14-7-3-5-11(16(14)19)9-12(20)8-10-4-2-6-13(17)15(10)18/h2-7,12,20H,8-9H2,1H3. The van der Waals surface area contributed by atoms with Crippen molar-refractivity contribution >= 4 is 0 Å². The fraction of sp³-hybridized carbons (Fsp3) is 0.250. The lowest BCUT2D eigenvalue weighted by molar-refractivity contribution is 0.172. The van der Waals surface area contributed by atoms with Crippen LogP contribution in [-0.2, 0) is 12.8 Å². The monoisotopic (exact) mass is 296 g/mol. The van der Waals surface area contributed by atoms with Gasteiger partial charge in [0.25, 0.3) is 0 Å². The first-order chi connectivity index (χ1) is 10.0. The Morgan fingerprint density at radius 3 is 2.14 bits per heavy atom. The van der Waals surface area contributed by atoms with E-state index in [0.29, 0.717) is 0 Å². The van der Waals surface area contributed by atoms with Gasteiger partial charge in [-0.25, -0.2) is 13.2 Å². The maximum Gasteiger partial charge on any atom is 0.168 e. The molecule has 1 atom stereocenters.